The molecule has 0 bridgehead atoms. The highest BCUT2D eigenvalue weighted by molar-refractivity contribution is 5.90. The van der Waals surface area contributed by atoms with Gasteiger partial charge in [0.1, 0.15) is 5.82 Å². The van der Waals surface area contributed by atoms with E-state index in [0.29, 0.717) is 17.9 Å². The lowest BCUT2D eigenvalue weighted by molar-refractivity contribution is 0.0599. The van der Waals surface area contributed by atoms with Crippen molar-refractivity contribution in [3.05, 3.63) is 23.4 Å². The molecule has 17 heavy (non-hydrogen) atoms. The quantitative estimate of drug-likeness (QED) is 0.790. The fourth-order valence-corrected chi connectivity index (χ4v) is 1.51. The molecule has 0 aromatic carbocycles. The molecule has 1 rings (SSSR count). The topological polar surface area (TPSA) is 60.5 Å². The highest BCUT2D eigenvalue weighted by atomic mass is 16.5. The minimum Gasteiger partial charge on any atom is -0.465 e. The van der Waals surface area contributed by atoms with Gasteiger partial charge in [0, 0.05) is 13.2 Å². The number of pyridine rings is 1. The first kappa shape index (κ1) is 13.4. The Morgan fingerprint density at radius 1 is 1.47 bits per heavy atom. The van der Waals surface area contributed by atoms with Crippen LogP contribution in [0.15, 0.2) is 12.1 Å². The van der Waals surface area contributed by atoms with E-state index in [1.54, 1.807) is 26.2 Å². The molecule has 0 aliphatic carbocycles. The van der Waals surface area contributed by atoms with Gasteiger partial charge in [0.05, 0.1) is 25.0 Å². The first-order chi connectivity index (χ1) is 8.08. The Morgan fingerprint density at radius 3 is 2.71 bits per heavy atom. The van der Waals surface area contributed by atoms with E-state index in [-0.39, 0.29) is 12.0 Å². The van der Waals surface area contributed by atoms with Gasteiger partial charge in [-0.05, 0) is 26.0 Å². The average molecular weight is 238 g/mol. The third kappa shape index (κ3) is 3.71. The molecule has 1 aromatic heterocycles. The Labute approximate surface area is 101 Å². The fraction of sp³-hybridized carbons (Fsp3) is 0.500. The van der Waals surface area contributed by atoms with Crippen LogP contribution in [0.2, 0.25) is 0 Å². The van der Waals surface area contributed by atoms with Gasteiger partial charge in [0.2, 0.25) is 0 Å². The van der Waals surface area contributed by atoms with Crippen LogP contribution in [0, 0.1) is 6.92 Å². The van der Waals surface area contributed by atoms with Crippen molar-refractivity contribution in [2.45, 2.75) is 19.9 Å². The summed E-state index contributed by atoms with van der Waals surface area (Å²) in [5.41, 5.74) is 1.13. The molecule has 0 aliphatic heterocycles. The largest absolute Gasteiger partial charge is 0.465 e. The maximum Gasteiger partial charge on any atom is 0.339 e. The molecule has 1 atom stereocenters. The Hall–Kier alpha value is -1.62. The third-order valence-electron chi connectivity index (χ3n) is 2.30. The average Bonchev–Trinajstić information content (AvgIpc) is 2.28. The molecule has 0 saturated heterocycles. The summed E-state index contributed by atoms with van der Waals surface area (Å²) in [5.74, 6) is 0.353. The van der Waals surface area contributed by atoms with Crippen LogP contribution < -0.4 is 5.32 Å². The van der Waals surface area contributed by atoms with Crippen molar-refractivity contribution in [2.75, 3.05) is 26.1 Å². The number of methoxy groups -OCH3 is 2. The predicted octanol–water partition coefficient (Wildman–Crippen LogP) is 1.62. The van der Waals surface area contributed by atoms with Crippen LogP contribution in [-0.4, -0.2) is 37.8 Å². The molecule has 1 aromatic rings. The Kier molecular flexibility index (Phi) is 4.90. The SMILES string of the molecule is COCC(C)Nc1ccc(C(=O)OC)c(C)n1. The van der Waals surface area contributed by atoms with E-state index in [1.807, 2.05) is 6.92 Å². The van der Waals surface area contributed by atoms with Crippen LogP contribution in [0.25, 0.3) is 0 Å². The van der Waals surface area contributed by atoms with Crippen molar-refractivity contribution >= 4 is 11.8 Å². The number of nitrogens with one attached hydrogen (secondary N) is 1. The zero-order valence-corrected chi connectivity index (χ0v) is 10.6. The first-order valence-electron chi connectivity index (χ1n) is 5.40. The highest BCUT2D eigenvalue weighted by Gasteiger charge is 2.11. The van der Waals surface area contributed by atoms with Gasteiger partial charge in [-0.25, -0.2) is 9.78 Å². The van der Waals surface area contributed by atoms with E-state index in [2.05, 4.69) is 15.0 Å². The Balaban J connectivity index is 2.78. The van der Waals surface area contributed by atoms with E-state index < -0.39 is 0 Å². The maximum atomic E-state index is 11.4. The van der Waals surface area contributed by atoms with Gasteiger partial charge in [0.15, 0.2) is 0 Å². The van der Waals surface area contributed by atoms with Crippen molar-refractivity contribution < 1.29 is 14.3 Å². The second-order valence-electron chi connectivity index (χ2n) is 3.82. The smallest absolute Gasteiger partial charge is 0.339 e. The van der Waals surface area contributed by atoms with Crippen LogP contribution in [0.3, 0.4) is 0 Å². The molecule has 0 radical (unpaired) electrons. The summed E-state index contributed by atoms with van der Waals surface area (Å²) in [6.45, 7) is 4.37. The number of esters is 1. The van der Waals surface area contributed by atoms with E-state index in [9.17, 15) is 4.79 Å². The fourth-order valence-electron chi connectivity index (χ4n) is 1.51. The third-order valence-corrected chi connectivity index (χ3v) is 2.30. The van der Waals surface area contributed by atoms with Gasteiger partial charge in [0.25, 0.3) is 0 Å². The summed E-state index contributed by atoms with van der Waals surface area (Å²) in [6.07, 6.45) is 0. The van der Waals surface area contributed by atoms with Gasteiger partial charge in [-0.1, -0.05) is 0 Å². The molecule has 5 nitrogen and oxygen atoms in total. The lowest BCUT2D eigenvalue weighted by atomic mass is 10.2. The number of ether oxygens (including phenoxy) is 2. The molecule has 0 amide bonds. The Bertz CT molecular complexity index is 393. The van der Waals surface area contributed by atoms with Crippen molar-refractivity contribution in [1.29, 1.82) is 0 Å². The number of anilines is 1. The molecule has 0 spiro atoms. The molecule has 94 valence electrons. The van der Waals surface area contributed by atoms with Crippen LogP contribution >= 0.6 is 0 Å². The number of carbonyl (C=O) groups excluding carboxylic acids is 1. The minimum atomic E-state index is -0.369. The zero-order chi connectivity index (χ0) is 12.8. The first-order valence-corrected chi connectivity index (χ1v) is 5.40. The number of nitrogens with zero attached hydrogens (tertiary/aromatic N) is 1. The van der Waals surface area contributed by atoms with Gasteiger partial charge >= 0.3 is 5.97 Å². The van der Waals surface area contributed by atoms with Crippen LogP contribution in [0.4, 0.5) is 5.82 Å². The molecule has 0 aliphatic rings. The summed E-state index contributed by atoms with van der Waals surface area (Å²) in [5, 5.41) is 3.18. The summed E-state index contributed by atoms with van der Waals surface area (Å²) < 4.78 is 9.68. The monoisotopic (exact) mass is 238 g/mol. The van der Waals surface area contributed by atoms with Crippen LogP contribution in [-0.2, 0) is 9.47 Å². The zero-order valence-electron chi connectivity index (χ0n) is 10.6. The lowest BCUT2D eigenvalue weighted by Crippen LogP contribution is -2.21. The predicted molar refractivity (Wildman–Crippen MR) is 65.3 cm³/mol. The van der Waals surface area contributed by atoms with Crippen molar-refractivity contribution in [3.8, 4) is 0 Å². The van der Waals surface area contributed by atoms with Gasteiger partial charge in [-0.15, -0.1) is 0 Å². The summed E-state index contributed by atoms with van der Waals surface area (Å²) in [7, 11) is 3.01. The second kappa shape index (κ2) is 6.20. The normalized spacial score (nSPS) is 12.0. The molecular weight excluding hydrogens is 220 g/mol. The molecule has 1 N–H and O–H groups in total. The standard InChI is InChI=1S/C12H18N2O3/c1-8(7-16-3)13-11-6-5-10(9(2)14-11)12(15)17-4/h5-6,8H,7H2,1-4H3,(H,13,14). The molecule has 0 saturated carbocycles. The molecule has 0 fully saturated rings. The van der Waals surface area contributed by atoms with E-state index >= 15 is 0 Å². The van der Waals surface area contributed by atoms with Crippen LogP contribution in [0.1, 0.15) is 23.0 Å². The van der Waals surface area contributed by atoms with Crippen molar-refractivity contribution in [3.63, 3.8) is 0 Å². The van der Waals surface area contributed by atoms with Crippen molar-refractivity contribution in [1.82, 2.24) is 4.98 Å². The lowest BCUT2D eigenvalue weighted by Gasteiger charge is -2.14. The number of aromatic nitrogens is 1. The van der Waals surface area contributed by atoms with Crippen molar-refractivity contribution in [2.24, 2.45) is 0 Å². The highest BCUT2D eigenvalue weighted by Crippen LogP contribution is 2.12. The minimum absolute atomic E-state index is 0.163. The van der Waals surface area contributed by atoms with E-state index in [1.165, 1.54) is 7.11 Å². The summed E-state index contributed by atoms with van der Waals surface area (Å²) in [4.78, 5) is 15.7. The summed E-state index contributed by atoms with van der Waals surface area (Å²) in [6, 6.07) is 3.62. The maximum absolute atomic E-state index is 11.4. The summed E-state index contributed by atoms with van der Waals surface area (Å²) >= 11 is 0. The molecule has 1 unspecified atom stereocenters. The number of carbonyl (C=O) groups is 1. The molecule has 5 heteroatoms. The molecule has 1 heterocycles. The van der Waals surface area contributed by atoms with Gasteiger partial charge in [-0.2, -0.15) is 0 Å². The van der Waals surface area contributed by atoms with Crippen LogP contribution in [0.5, 0.6) is 0 Å². The number of aryl methyl sites for hydroxylation is 1. The number of hydrogen-bond acceptors (Lipinski definition) is 5. The molecular formula is C12H18N2O3. The van der Waals surface area contributed by atoms with Gasteiger partial charge < -0.3 is 14.8 Å². The van der Waals surface area contributed by atoms with Gasteiger partial charge in [-0.3, -0.25) is 0 Å². The second-order valence-corrected chi connectivity index (χ2v) is 3.82. The Morgan fingerprint density at radius 2 is 2.18 bits per heavy atom. The van der Waals surface area contributed by atoms with E-state index in [4.69, 9.17) is 4.74 Å². The van der Waals surface area contributed by atoms with E-state index in [0.717, 1.165) is 5.82 Å². The number of hydrogen-bond donors (Lipinski definition) is 1. The number of rotatable bonds is 5.